The van der Waals surface area contributed by atoms with Crippen LogP contribution in [0.4, 0.5) is 0 Å². The van der Waals surface area contributed by atoms with Gasteiger partial charge in [0.2, 0.25) is 0 Å². The Hall–Kier alpha value is -1.95. The van der Waals surface area contributed by atoms with Gasteiger partial charge in [-0.15, -0.1) is 0 Å². The first-order valence-corrected chi connectivity index (χ1v) is 16.1. The summed E-state index contributed by atoms with van der Waals surface area (Å²) in [5.41, 5.74) is 0. The average Bonchev–Trinajstić information content (AvgIpc) is 2.93. The van der Waals surface area contributed by atoms with Crippen LogP contribution in [-0.2, 0) is 4.52 Å². The maximum atomic E-state index is 7.03. The average molecular weight is 491 g/mol. The van der Waals surface area contributed by atoms with Gasteiger partial charge in [0, 0.05) is 0 Å². The van der Waals surface area contributed by atoms with Crippen molar-refractivity contribution < 1.29 is 4.52 Å². The van der Waals surface area contributed by atoms with Crippen LogP contribution in [-0.4, -0.2) is 6.61 Å². The van der Waals surface area contributed by atoms with Crippen molar-refractivity contribution in [3.63, 3.8) is 0 Å². The van der Waals surface area contributed by atoms with Gasteiger partial charge >= 0.3 is 190 Å². The van der Waals surface area contributed by atoms with Crippen LogP contribution in [0.15, 0.2) is 91.0 Å². The van der Waals surface area contributed by atoms with Crippen LogP contribution in [0.5, 0.6) is 0 Å². The Bertz CT molecular complexity index is 797. The van der Waals surface area contributed by atoms with E-state index in [1.54, 1.807) is 0 Å². The first-order valence-electron chi connectivity index (χ1n) is 14.2. The molecule has 3 rings (SSSR count). The molecule has 0 atom stereocenters. The third-order valence-electron chi connectivity index (χ3n) is 7.11. The van der Waals surface area contributed by atoms with Crippen LogP contribution in [0.1, 0.15) is 90.4 Å². The standard InChI is InChI=1S/C33H47OP/c1-2-3-4-5-6-7-8-9-10-11-12-13-23-30-34-35(31-24-17-14-18-25-31,32-26-19-15-20-27-32)33-28-21-16-22-29-33/h14-22,24-29,35H,2-13,23,30H2,1H3. The topological polar surface area (TPSA) is 9.23 Å². The molecule has 0 bridgehead atoms. The summed E-state index contributed by atoms with van der Waals surface area (Å²) < 4.78 is 7.03. The zero-order chi connectivity index (χ0) is 24.4. The Balaban J connectivity index is 1.49. The van der Waals surface area contributed by atoms with Gasteiger partial charge in [0.15, 0.2) is 0 Å². The Morgan fingerprint density at radius 2 is 0.743 bits per heavy atom. The summed E-state index contributed by atoms with van der Waals surface area (Å²) in [5, 5.41) is 3.98. The Morgan fingerprint density at radius 1 is 0.429 bits per heavy atom. The van der Waals surface area contributed by atoms with E-state index in [1.165, 1.54) is 93.0 Å². The predicted molar refractivity (Wildman–Crippen MR) is 158 cm³/mol. The van der Waals surface area contributed by atoms with Gasteiger partial charge in [-0.3, -0.25) is 0 Å². The van der Waals surface area contributed by atoms with Gasteiger partial charge in [0.05, 0.1) is 0 Å². The van der Waals surface area contributed by atoms with Crippen molar-refractivity contribution in [3.05, 3.63) is 91.0 Å². The molecule has 0 unspecified atom stereocenters. The fraction of sp³-hybridized carbons (Fsp3) is 0.455. The van der Waals surface area contributed by atoms with Gasteiger partial charge in [-0.1, -0.05) is 26.2 Å². The fourth-order valence-corrected chi connectivity index (χ4v) is 9.05. The molecule has 3 aromatic rings. The summed E-state index contributed by atoms with van der Waals surface area (Å²) in [6.45, 7) is 3.11. The van der Waals surface area contributed by atoms with Gasteiger partial charge in [0.25, 0.3) is 0 Å². The zero-order valence-electron chi connectivity index (χ0n) is 22.0. The van der Waals surface area contributed by atoms with E-state index >= 15 is 0 Å². The second-order valence-corrected chi connectivity index (χ2v) is 13.3. The molecule has 0 aromatic heterocycles. The number of benzene rings is 3. The van der Waals surface area contributed by atoms with Crippen molar-refractivity contribution in [2.45, 2.75) is 90.4 Å². The number of unbranched alkanes of at least 4 members (excludes halogenated alkanes) is 12. The molecular weight excluding hydrogens is 443 g/mol. The summed E-state index contributed by atoms with van der Waals surface area (Å²) in [4.78, 5) is 0. The molecule has 2 heteroatoms. The molecule has 0 saturated carbocycles. The molecule has 1 nitrogen and oxygen atoms in total. The predicted octanol–water partition coefficient (Wildman–Crippen LogP) is 8.74. The number of hydrogen-bond donors (Lipinski definition) is 0. The summed E-state index contributed by atoms with van der Waals surface area (Å²) in [6.07, 6.45) is 17.8. The minimum atomic E-state index is -2.53. The van der Waals surface area contributed by atoms with E-state index in [0.717, 1.165) is 13.0 Å². The van der Waals surface area contributed by atoms with Crippen molar-refractivity contribution in [2.75, 3.05) is 6.61 Å². The van der Waals surface area contributed by atoms with Crippen LogP contribution in [0.25, 0.3) is 0 Å². The number of rotatable bonds is 18. The third-order valence-corrected chi connectivity index (χ3v) is 11.2. The SMILES string of the molecule is CCCCCCCCCCCCCCCO[PH](c1ccccc1)(c1ccccc1)c1ccccc1. The van der Waals surface area contributed by atoms with Crippen LogP contribution in [0.2, 0.25) is 0 Å². The Morgan fingerprint density at radius 3 is 1.09 bits per heavy atom. The van der Waals surface area contributed by atoms with Gasteiger partial charge in [-0.05, 0) is 0 Å². The molecule has 0 fully saturated rings. The molecule has 0 amide bonds. The minimum absolute atomic E-state index is 0.822. The third kappa shape index (κ3) is 8.89. The Labute approximate surface area is 215 Å². The molecule has 35 heavy (non-hydrogen) atoms. The van der Waals surface area contributed by atoms with Crippen molar-refractivity contribution in [2.24, 2.45) is 0 Å². The maximum absolute atomic E-state index is 7.03. The van der Waals surface area contributed by atoms with Crippen LogP contribution >= 0.6 is 7.49 Å². The molecule has 0 saturated heterocycles. The fourth-order valence-electron chi connectivity index (χ4n) is 5.11. The molecule has 0 aliphatic heterocycles. The van der Waals surface area contributed by atoms with E-state index in [9.17, 15) is 0 Å². The first-order chi connectivity index (χ1) is 17.4. The van der Waals surface area contributed by atoms with E-state index in [1.807, 2.05) is 0 Å². The second kappa shape index (κ2) is 16.7. The van der Waals surface area contributed by atoms with Crippen LogP contribution in [0.3, 0.4) is 0 Å². The summed E-state index contributed by atoms with van der Waals surface area (Å²) >= 11 is 0. The molecule has 0 N–H and O–H groups in total. The molecular formula is C33H47OP. The van der Waals surface area contributed by atoms with Crippen molar-refractivity contribution in [3.8, 4) is 0 Å². The molecule has 0 heterocycles. The van der Waals surface area contributed by atoms with E-state index in [4.69, 9.17) is 4.52 Å². The molecule has 3 aromatic carbocycles. The van der Waals surface area contributed by atoms with E-state index in [0.29, 0.717) is 0 Å². The van der Waals surface area contributed by atoms with Gasteiger partial charge in [-0.25, -0.2) is 0 Å². The monoisotopic (exact) mass is 490 g/mol. The van der Waals surface area contributed by atoms with Gasteiger partial charge in [-0.2, -0.15) is 0 Å². The molecule has 0 radical (unpaired) electrons. The van der Waals surface area contributed by atoms with Crippen molar-refractivity contribution in [1.82, 2.24) is 0 Å². The van der Waals surface area contributed by atoms with E-state index < -0.39 is 7.49 Å². The van der Waals surface area contributed by atoms with Crippen molar-refractivity contribution in [1.29, 1.82) is 0 Å². The van der Waals surface area contributed by atoms with E-state index in [2.05, 4.69) is 97.9 Å². The normalized spacial score (nSPS) is 12.0. The second-order valence-electron chi connectivity index (χ2n) is 9.87. The van der Waals surface area contributed by atoms with Gasteiger partial charge in [0.1, 0.15) is 0 Å². The van der Waals surface area contributed by atoms with E-state index in [-0.39, 0.29) is 0 Å². The summed E-state index contributed by atoms with van der Waals surface area (Å²) in [5.74, 6) is 0. The molecule has 0 aliphatic rings. The molecule has 0 spiro atoms. The first kappa shape index (κ1) is 27.6. The number of hydrogen-bond acceptors (Lipinski definition) is 1. The quantitative estimate of drug-likeness (QED) is 0.128. The molecule has 0 aliphatic carbocycles. The zero-order valence-corrected chi connectivity index (χ0v) is 23.0. The molecule has 190 valence electrons. The summed E-state index contributed by atoms with van der Waals surface area (Å²) in [7, 11) is -2.53. The Kier molecular flexibility index (Phi) is 13.2. The van der Waals surface area contributed by atoms with Crippen molar-refractivity contribution >= 4 is 23.4 Å². The summed E-state index contributed by atoms with van der Waals surface area (Å²) in [6, 6.07) is 32.8. The van der Waals surface area contributed by atoms with Crippen LogP contribution < -0.4 is 15.9 Å². The van der Waals surface area contributed by atoms with Crippen LogP contribution in [0, 0.1) is 0 Å². The van der Waals surface area contributed by atoms with Gasteiger partial charge < -0.3 is 0 Å².